The van der Waals surface area contributed by atoms with Crippen LogP contribution in [0.1, 0.15) is 26.3 Å². The highest BCUT2D eigenvalue weighted by Crippen LogP contribution is 2.08. The maximum absolute atomic E-state index is 12.0. The Morgan fingerprint density at radius 2 is 1.75 bits per heavy atom. The molecule has 7 heteroatoms. The molecule has 1 aromatic carbocycles. The third-order valence-electron chi connectivity index (χ3n) is 2.96. The molecule has 0 aliphatic rings. The fourth-order valence-electron chi connectivity index (χ4n) is 2.08. The number of primary amides is 1. The van der Waals surface area contributed by atoms with E-state index in [1.807, 2.05) is 35.6 Å². The van der Waals surface area contributed by atoms with E-state index in [4.69, 9.17) is 10.5 Å². The highest BCUT2D eigenvalue weighted by Gasteiger charge is 2.20. The van der Waals surface area contributed by atoms with Gasteiger partial charge in [0.25, 0.3) is 0 Å². The van der Waals surface area contributed by atoms with Gasteiger partial charge in [0, 0.05) is 6.54 Å². The lowest BCUT2D eigenvalue weighted by Gasteiger charge is -2.24. The van der Waals surface area contributed by atoms with Crippen LogP contribution in [-0.4, -0.2) is 48.0 Å². The van der Waals surface area contributed by atoms with Crippen molar-refractivity contribution in [2.45, 2.75) is 32.8 Å². The van der Waals surface area contributed by atoms with Gasteiger partial charge in [0.2, 0.25) is 5.91 Å². The maximum atomic E-state index is 12.0. The summed E-state index contributed by atoms with van der Waals surface area (Å²) < 4.78 is 5.28. The van der Waals surface area contributed by atoms with Crippen LogP contribution >= 0.6 is 0 Å². The summed E-state index contributed by atoms with van der Waals surface area (Å²) in [6.07, 6.45) is 0.660. The Bertz CT molecular complexity index is 567. The average Bonchev–Trinajstić information content (AvgIpc) is 2.42. The number of esters is 1. The van der Waals surface area contributed by atoms with Crippen molar-refractivity contribution < 1.29 is 19.1 Å². The number of benzene rings is 1. The number of carbonyl (C=O) groups excluding carboxylic acids is 3. The smallest absolute Gasteiger partial charge is 0.320 e. The summed E-state index contributed by atoms with van der Waals surface area (Å²) in [7, 11) is 0. The quantitative estimate of drug-likeness (QED) is 0.726. The molecule has 0 aliphatic heterocycles. The van der Waals surface area contributed by atoms with Crippen LogP contribution in [0.15, 0.2) is 30.3 Å². The largest absolute Gasteiger partial charge is 0.459 e. The van der Waals surface area contributed by atoms with E-state index in [9.17, 15) is 14.4 Å². The lowest BCUT2D eigenvalue weighted by molar-refractivity contribution is -0.156. The summed E-state index contributed by atoms with van der Waals surface area (Å²) in [5, 5.41) is 2.00. The SMILES string of the molecule is CC(C)(C)OC(=O)CN(CCc1ccccc1)CC(=O)NC(N)=O. The highest BCUT2D eigenvalue weighted by molar-refractivity contribution is 5.94. The standard InChI is InChI=1S/C17H25N3O4/c1-17(2,3)24-15(22)12-20(11-14(21)19-16(18)23)10-9-13-7-5-4-6-8-13/h4-8H,9-12H2,1-3H3,(H3,18,19,21,23). The minimum Gasteiger partial charge on any atom is -0.459 e. The number of hydrogen-bond donors (Lipinski definition) is 2. The Labute approximate surface area is 142 Å². The highest BCUT2D eigenvalue weighted by atomic mass is 16.6. The van der Waals surface area contributed by atoms with Gasteiger partial charge in [-0.15, -0.1) is 0 Å². The van der Waals surface area contributed by atoms with Gasteiger partial charge >= 0.3 is 12.0 Å². The minimum absolute atomic E-state index is 0.0454. The molecule has 3 N–H and O–H groups in total. The average molecular weight is 335 g/mol. The lowest BCUT2D eigenvalue weighted by Crippen LogP contribution is -2.45. The van der Waals surface area contributed by atoms with E-state index in [1.165, 1.54) is 0 Å². The molecule has 7 nitrogen and oxygen atoms in total. The Hall–Kier alpha value is -2.41. The second kappa shape index (κ2) is 9.02. The molecular formula is C17H25N3O4. The first-order chi connectivity index (χ1) is 11.2. The van der Waals surface area contributed by atoms with E-state index in [-0.39, 0.29) is 13.1 Å². The topological polar surface area (TPSA) is 102 Å². The van der Waals surface area contributed by atoms with Crippen LogP contribution in [0.2, 0.25) is 0 Å². The van der Waals surface area contributed by atoms with Gasteiger partial charge in [-0.3, -0.25) is 19.8 Å². The zero-order chi connectivity index (χ0) is 18.2. The second-order valence-electron chi connectivity index (χ2n) is 6.45. The molecule has 1 aromatic rings. The molecule has 0 heterocycles. The van der Waals surface area contributed by atoms with Gasteiger partial charge in [0.05, 0.1) is 13.1 Å². The predicted molar refractivity (Wildman–Crippen MR) is 90.2 cm³/mol. The van der Waals surface area contributed by atoms with Crippen LogP contribution in [0.4, 0.5) is 4.79 Å². The predicted octanol–water partition coefficient (Wildman–Crippen LogP) is 1.07. The summed E-state index contributed by atoms with van der Waals surface area (Å²) in [4.78, 5) is 36.1. The van der Waals surface area contributed by atoms with Gasteiger partial charge in [0.1, 0.15) is 5.60 Å². The molecule has 0 aliphatic carbocycles. The van der Waals surface area contributed by atoms with Gasteiger partial charge < -0.3 is 10.5 Å². The molecule has 0 unspecified atom stereocenters. The molecule has 3 amide bonds. The van der Waals surface area contributed by atoms with Crippen LogP contribution in [0.5, 0.6) is 0 Å². The van der Waals surface area contributed by atoms with Crippen molar-refractivity contribution >= 4 is 17.9 Å². The number of nitrogens with zero attached hydrogens (tertiary/aromatic N) is 1. The number of hydrogen-bond acceptors (Lipinski definition) is 5. The number of ether oxygens (including phenoxy) is 1. The van der Waals surface area contributed by atoms with Crippen LogP contribution < -0.4 is 11.1 Å². The normalized spacial score (nSPS) is 11.2. The molecule has 1 rings (SSSR count). The van der Waals surface area contributed by atoms with Crippen LogP contribution in [0, 0.1) is 0 Å². The van der Waals surface area contributed by atoms with E-state index in [2.05, 4.69) is 0 Å². The Morgan fingerprint density at radius 1 is 1.12 bits per heavy atom. The number of nitrogens with two attached hydrogens (primary N) is 1. The first-order valence-corrected chi connectivity index (χ1v) is 7.73. The zero-order valence-corrected chi connectivity index (χ0v) is 14.4. The van der Waals surface area contributed by atoms with Crippen LogP contribution in [0.3, 0.4) is 0 Å². The number of amides is 3. The molecular weight excluding hydrogens is 310 g/mol. The maximum Gasteiger partial charge on any atom is 0.320 e. The van der Waals surface area contributed by atoms with Crippen molar-refractivity contribution in [2.24, 2.45) is 5.73 Å². The van der Waals surface area contributed by atoms with E-state index in [0.717, 1.165) is 5.56 Å². The molecule has 0 atom stereocenters. The van der Waals surface area contributed by atoms with E-state index in [1.54, 1.807) is 25.7 Å². The van der Waals surface area contributed by atoms with Crippen molar-refractivity contribution in [3.8, 4) is 0 Å². The fraction of sp³-hybridized carbons (Fsp3) is 0.471. The molecule has 0 bridgehead atoms. The number of carbonyl (C=O) groups is 3. The molecule has 0 fully saturated rings. The van der Waals surface area contributed by atoms with Gasteiger partial charge in [-0.2, -0.15) is 0 Å². The molecule has 132 valence electrons. The summed E-state index contributed by atoms with van der Waals surface area (Å²) in [6, 6.07) is 8.79. The third-order valence-corrected chi connectivity index (χ3v) is 2.96. The van der Waals surface area contributed by atoms with Crippen molar-refractivity contribution in [3.63, 3.8) is 0 Å². The zero-order valence-electron chi connectivity index (χ0n) is 14.4. The van der Waals surface area contributed by atoms with Gasteiger partial charge in [-0.1, -0.05) is 30.3 Å². The summed E-state index contributed by atoms with van der Waals surface area (Å²) in [6.45, 7) is 5.64. The van der Waals surface area contributed by atoms with Gasteiger partial charge in [0.15, 0.2) is 0 Å². The number of rotatable bonds is 7. The monoisotopic (exact) mass is 335 g/mol. The molecule has 0 spiro atoms. The molecule has 0 saturated heterocycles. The summed E-state index contributed by atoms with van der Waals surface area (Å²) >= 11 is 0. The number of imide groups is 1. The molecule has 0 radical (unpaired) electrons. The number of nitrogens with one attached hydrogen (secondary N) is 1. The Balaban J connectivity index is 2.65. The molecule has 24 heavy (non-hydrogen) atoms. The first-order valence-electron chi connectivity index (χ1n) is 7.73. The van der Waals surface area contributed by atoms with Crippen molar-refractivity contribution in [3.05, 3.63) is 35.9 Å². The van der Waals surface area contributed by atoms with E-state index < -0.39 is 23.5 Å². The second-order valence-corrected chi connectivity index (χ2v) is 6.45. The van der Waals surface area contributed by atoms with Gasteiger partial charge in [-0.25, -0.2) is 4.79 Å². The third kappa shape index (κ3) is 8.89. The molecule has 0 saturated carbocycles. The minimum atomic E-state index is -0.916. The first kappa shape index (κ1) is 19.6. The summed E-state index contributed by atoms with van der Waals surface area (Å²) in [5.41, 5.74) is 5.42. The fourth-order valence-corrected chi connectivity index (χ4v) is 2.08. The van der Waals surface area contributed by atoms with E-state index >= 15 is 0 Å². The van der Waals surface area contributed by atoms with E-state index in [0.29, 0.717) is 13.0 Å². The Kier molecular flexibility index (Phi) is 7.38. The van der Waals surface area contributed by atoms with Crippen molar-refractivity contribution in [1.29, 1.82) is 0 Å². The summed E-state index contributed by atoms with van der Waals surface area (Å²) in [5.74, 6) is -0.985. The van der Waals surface area contributed by atoms with Crippen LogP contribution in [0.25, 0.3) is 0 Å². The van der Waals surface area contributed by atoms with Crippen molar-refractivity contribution in [2.75, 3.05) is 19.6 Å². The molecule has 0 aromatic heterocycles. The van der Waals surface area contributed by atoms with Crippen LogP contribution in [-0.2, 0) is 20.7 Å². The van der Waals surface area contributed by atoms with Gasteiger partial charge in [-0.05, 0) is 32.8 Å². The Morgan fingerprint density at radius 3 is 2.29 bits per heavy atom. The lowest BCUT2D eigenvalue weighted by atomic mass is 10.1. The van der Waals surface area contributed by atoms with Crippen molar-refractivity contribution in [1.82, 2.24) is 10.2 Å². The number of urea groups is 1.